The van der Waals surface area contributed by atoms with Crippen molar-refractivity contribution >= 4 is 5.91 Å². The Balaban J connectivity index is 2.10. The van der Waals surface area contributed by atoms with E-state index in [-0.39, 0.29) is 17.9 Å². The molecule has 21 heavy (non-hydrogen) atoms. The van der Waals surface area contributed by atoms with Crippen molar-refractivity contribution in [2.45, 2.75) is 32.9 Å². The Bertz CT molecular complexity index is 418. The summed E-state index contributed by atoms with van der Waals surface area (Å²) in [5, 5.41) is 2.86. The van der Waals surface area contributed by atoms with Crippen LogP contribution in [-0.2, 0) is 16.1 Å². The third kappa shape index (κ3) is 6.60. The van der Waals surface area contributed by atoms with Gasteiger partial charge in [-0.2, -0.15) is 0 Å². The first-order valence-corrected chi connectivity index (χ1v) is 7.28. The number of nitrogens with two attached hydrogens (primary N) is 1. The van der Waals surface area contributed by atoms with Crippen molar-refractivity contribution in [3.05, 3.63) is 29.8 Å². The van der Waals surface area contributed by atoms with Crippen molar-refractivity contribution in [2.24, 2.45) is 11.7 Å². The Labute approximate surface area is 126 Å². The molecule has 1 aromatic rings. The maximum Gasteiger partial charge on any atom is 0.224 e. The molecule has 0 radical (unpaired) electrons. The Morgan fingerprint density at radius 3 is 2.52 bits per heavy atom. The average molecular weight is 294 g/mol. The Morgan fingerprint density at radius 1 is 1.29 bits per heavy atom. The number of rotatable bonds is 9. The molecule has 0 bridgehead atoms. The van der Waals surface area contributed by atoms with Gasteiger partial charge in [-0.05, 0) is 31.0 Å². The lowest BCUT2D eigenvalue weighted by Gasteiger charge is -2.15. The molecule has 0 heterocycles. The van der Waals surface area contributed by atoms with Crippen LogP contribution in [-0.4, -0.2) is 32.2 Å². The minimum Gasteiger partial charge on any atom is -0.497 e. The van der Waals surface area contributed by atoms with E-state index in [9.17, 15) is 4.79 Å². The summed E-state index contributed by atoms with van der Waals surface area (Å²) >= 11 is 0. The van der Waals surface area contributed by atoms with Crippen LogP contribution in [0.15, 0.2) is 24.3 Å². The number of ether oxygens (including phenoxy) is 2. The molecule has 0 aliphatic heterocycles. The third-order valence-corrected chi connectivity index (χ3v) is 3.39. The van der Waals surface area contributed by atoms with Crippen LogP contribution in [0.1, 0.15) is 25.8 Å². The zero-order valence-electron chi connectivity index (χ0n) is 13.1. The normalized spacial score (nSPS) is 13.5. The van der Waals surface area contributed by atoms with Crippen LogP contribution >= 0.6 is 0 Å². The van der Waals surface area contributed by atoms with Crippen molar-refractivity contribution in [3.63, 3.8) is 0 Å². The van der Waals surface area contributed by atoms with Crippen LogP contribution in [0, 0.1) is 5.92 Å². The third-order valence-electron chi connectivity index (χ3n) is 3.39. The molecule has 0 fully saturated rings. The molecule has 118 valence electrons. The van der Waals surface area contributed by atoms with Gasteiger partial charge in [0.05, 0.1) is 13.7 Å². The lowest BCUT2D eigenvalue weighted by atomic mass is 10.0. The summed E-state index contributed by atoms with van der Waals surface area (Å²) in [5.74, 6) is 0.676. The fourth-order valence-corrected chi connectivity index (χ4v) is 1.70. The van der Waals surface area contributed by atoms with Gasteiger partial charge in [0.2, 0.25) is 5.91 Å². The van der Waals surface area contributed by atoms with Crippen LogP contribution in [0.5, 0.6) is 5.75 Å². The number of carbonyl (C=O) groups is 1. The van der Waals surface area contributed by atoms with Crippen LogP contribution < -0.4 is 15.8 Å². The maximum atomic E-state index is 11.7. The highest BCUT2D eigenvalue weighted by Gasteiger charge is 2.15. The predicted molar refractivity (Wildman–Crippen MR) is 83.1 cm³/mol. The number of methoxy groups -OCH3 is 1. The summed E-state index contributed by atoms with van der Waals surface area (Å²) in [5.41, 5.74) is 6.78. The summed E-state index contributed by atoms with van der Waals surface area (Å²) in [7, 11) is 1.64. The topological polar surface area (TPSA) is 73.6 Å². The number of benzene rings is 1. The summed E-state index contributed by atoms with van der Waals surface area (Å²) in [6.45, 7) is 5.45. The molecule has 0 aliphatic carbocycles. The second kappa shape index (κ2) is 9.37. The molecule has 2 atom stereocenters. The summed E-state index contributed by atoms with van der Waals surface area (Å²) in [4.78, 5) is 11.7. The Morgan fingerprint density at radius 2 is 1.95 bits per heavy atom. The number of nitrogens with one attached hydrogen (secondary N) is 1. The minimum absolute atomic E-state index is 0.000143. The molecule has 0 saturated heterocycles. The number of hydrogen-bond acceptors (Lipinski definition) is 4. The molecule has 0 spiro atoms. The summed E-state index contributed by atoms with van der Waals surface area (Å²) in [6, 6.07) is 7.65. The lowest BCUT2D eigenvalue weighted by Crippen LogP contribution is -2.39. The van der Waals surface area contributed by atoms with Crippen molar-refractivity contribution in [3.8, 4) is 5.75 Å². The van der Waals surface area contributed by atoms with Gasteiger partial charge in [0.15, 0.2) is 0 Å². The van der Waals surface area contributed by atoms with Gasteiger partial charge in [-0.1, -0.05) is 19.1 Å². The average Bonchev–Trinajstić information content (AvgIpc) is 2.50. The van der Waals surface area contributed by atoms with Crippen LogP contribution in [0.4, 0.5) is 0 Å². The number of amides is 1. The molecule has 0 aliphatic rings. The second-order valence-corrected chi connectivity index (χ2v) is 5.19. The zero-order chi connectivity index (χ0) is 15.7. The number of hydrogen-bond donors (Lipinski definition) is 2. The highest BCUT2D eigenvalue weighted by molar-refractivity contribution is 5.78. The van der Waals surface area contributed by atoms with Crippen LogP contribution in [0.2, 0.25) is 0 Å². The predicted octanol–water partition coefficient (Wildman–Crippen LogP) is 1.70. The van der Waals surface area contributed by atoms with E-state index < -0.39 is 0 Å². The van der Waals surface area contributed by atoms with Gasteiger partial charge < -0.3 is 20.5 Å². The molecule has 3 N–H and O–H groups in total. The fourth-order valence-electron chi connectivity index (χ4n) is 1.70. The first-order valence-electron chi connectivity index (χ1n) is 7.28. The maximum absolute atomic E-state index is 11.7. The van der Waals surface area contributed by atoms with Crippen molar-refractivity contribution in [2.75, 3.05) is 20.3 Å². The molecule has 5 heteroatoms. The lowest BCUT2D eigenvalue weighted by molar-refractivity contribution is -0.124. The van der Waals surface area contributed by atoms with E-state index in [1.54, 1.807) is 7.11 Å². The molecule has 1 amide bonds. The van der Waals surface area contributed by atoms with E-state index in [0.717, 1.165) is 17.7 Å². The van der Waals surface area contributed by atoms with Gasteiger partial charge in [-0.25, -0.2) is 0 Å². The van der Waals surface area contributed by atoms with Crippen LogP contribution in [0.3, 0.4) is 0 Å². The van der Waals surface area contributed by atoms with Gasteiger partial charge >= 0.3 is 0 Å². The largest absolute Gasteiger partial charge is 0.497 e. The van der Waals surface area contributed by atoms with Gasteiger partial charge in [-0.15, -0.1) is 0 Å². The van der Waals surface area contributed by atoms with E-state index in [0.29, 0.717) is 19.8 Å². The fraction of sp³-hybridized carbons (Fsp3) is 0.562. The first kappa shape index (κ1) is 17.5. The van der Waals surface area contributed by atoms with Crippen molar-refractivity contribution < 1.29 is 14.3 Å². The zero-order valence-corrected chi connectivity index (χ0v) is 13.1. The number of carbonyl (C=O) groups excluding carboxylic acids is 1. The molecule has 1 aromatic carbocycles. The van der Waals surface area contributed by atoms with Gasteiger partial charge in [0.25, 0.3) is 0 Å². The van der Waals surface area contributed by atoms with Crippen molar-refractivity contribution in [1.29, 1.82) is 0 Å². The first-order chi connectivity index (χ1) is 10.0. The molecule has 5 nitrogen and oxygen atoms in total. The quantitative estimate of drug-likeness (QED) is 0.680. The molecule has 0 saturated carbocycles. The highest BCUT2D eigenvalue weighted by atomic mass is 16.5. The van der Waals surface area contributed by atoms with Crippen LogP contribution in [0.25, 0.3) is 0 Å². The van der Waals surface area contributed by atoms with Gasteiger partial charge in [0, 0.05) is 25.1 Å². The highest BCUT2D eigenvalue weighted by Crippen LogP contribution is 2.11. The van der Waals surface area contributed by atoms with Crippen molar-refractivity contribution in [1.82, 2.24) is 5.32 Å². The monoisotopic (exact) mass is 294 g/mol. The van der Waals surface area contributed by atoms with E-state index in [4.69, 9.17) is 15.2 Å². The van der Waals surface area contributed by atoms with E-state index in [2.05, 4.69) is 5.32 Å². The molecular formula is C16H26N2O3. The molecule has 0 aromatic heterocycles. The van der Waals surface area contributed by atoms with Gasteiger partial charge in [0.1, 0.15) is 5.75 Å². The Kier molecular flexibility index (Phi) is 7.79. The van der Waals surface area contributed by atoms with E-state index in [1.165, 1.54) is 0 Å². The summed E-state index contributed by atoms with van der Waals surface area (Å²) < 4.78 is 10.7. The van der Waals surface area contributed by atoms with E-state index >= 15 is 0 Å². The van der Waals surface area contributed by atoms with E-state index in [1.807, 2.05) is 38.1 Å². The summed E-state index contributed by atoms with van der Waals surface area (Å²) in [6.07, 6.45) is 0.785. The Hall–Kier alpha value is -1.59. The molecule has 2 unspecified atom stereocenters. The molecule has 1 rings (SSSR count). The SMILES string of the molecule is COc1ccc(COCCCNC(=O)C(C)C(C)N)cc1. The smallest absolute Gasteiger partial charge is 0.224 e. The second-order valence-electron chi connectivity index (χ2n) is 5.19. The standard InChI is InChI=1S/C16H26N2O3/c1-12(13(2)17)16(19)18-9-4-10-21-11-14-5-7-15(20-3)8-6-14/h5-8,12-13H,4,9-11,17H2,1-3H3,(H,18,19). The molecular weight excluding hydrogens is 268 g/mol. The van der Waals surface area contributed by atoms with Gasteiger partial charge in [-0.3, -0.25) is 4.79 Å². The minimum atomic E-state index is -0.162.